The normalized spacial score (nSPS) is 31.7. The molecule has 4 saturated heterocycles. The number of nitrogens with zero attached hydrogens (tertiary/aromatic N) is 7. The standard InChI is InChI=1S/C24H27F3N4O4.C19H28F3NO4.C14H20F3NO2.C11H17NO4.C10H9N3O3.C7H12F3NO.CH2Cl2/c25-24(26,27)23(35)7-3-4-13(11-23)8-19(32)18-10-14-9-17(14)31(18)20(33)12-30-16-6-2-1-5-15(16)21(29-30)22(28)34;1-17(2,3)27-16(25)23-13-8-12(13)9-14(23)15(24)7-11-5-4-6-18(26,10-11)19(20,21)22;15-14(16,17)13(20)3-1-2-8(7-13)4-12(19)11-6-9-5-10(9)18-11;1-11(2,3)16-10(15)12-7-4-6(7)5-8(12)9(13)14;11-10(16)9-6-3-1-2-4-7(6)13(12-9)5-8(14)15;8-7(9,10)6(12)3-1-2-5(11)4-6;2-1-3/h1-2,5-6,13-14,17-18,35H,3-4,7-12H2,(H2,28,34);11-14,26H,4-10H2,1-3H3;8-11,18,20H,1-7H2;6-8H,4-5H2,1-3H3,(H,13,14);1-4H,5H2,(H2,11,16)(H,14,15);5,12H,1-4,11H2;1H2/t13?,14-,17-,18+,23?;11?,12-,13-,14+,18?;8?,9-,10-,11+,13?;6-,7-,8+;;;/m1111.../s1. The number of ketones is 3. The van der Waals surface area contributed by atoms with E-state index in [0.29, 0.717) is 97.5 Å². The zero-order valence-electron chi connectivity index (χ0n) is 72.3. The molecule has 0 radical (unpaired) electrons. The fraction of sp³-hybridized carbons (Fsp3) is 0.721. The molecule has 0 bridgehead atoms. The van der Waals surface area contributed by atoms with Crippen LogP contribution in [0.25, 0.3) is 21.8 Å². The summed E-state index contributed by atoms with van der Waals surface area (Å²) >= 11 is 9.53. The van der Waals surface area contributed by atoms with Crippen molar-refractivity contribution in [2.45, 2.75) is 341 Å². The first kappa shape index (κ1) is 103. The largest absolute Gasteiger partial charge is 0.480 e. The van der Waals surface area contributed by atoms with Gasteiger partial charge in [0.25, 0.3) is 11.8 Å². The van der Waals surface area contributed by atoms with E-state index in [1.165, 1.54) is 19.2 Å². The molecule has 0 spiro atoms. The van der Waals surface area contributed by atoms with Crippen LogP contribution in [0.5, 0.6) is 0 Å². The zero-order chi connectivity index (χ0) is 95.8. The number of halogens is 14. The fourth-order valence-electron chi connectivity index (χ4n) is 19.7. The average molecular weight is 1890 g/mol. The number of nitrogens with two attached hydrogens (primary N) is 3. The number of amides is 5. The van der Waals surface area contributed by atoms with E-state index >= 15 is 0 Å². The zero-order valence-corrected chi connectivity index (χ0v) is 73.8. The Morgan fingerprint density at radius 1 is 0.465 bits per heavy atom. The molecule has 8 saturated carbocycles. The van der Waals surface area contributed by atoms with Crippen LogP contribution in [0.1, 0.15) is 236 Å². The van der Waals surface area contributed by atoms with Gasteiger partial charge in [-0.15, -0.1) is 23.2 Å². The Balaban J connectivity index is 0.000000166. The van der Waals surface area contributed by atoms with Crippen LogP contribution >= 0.6 is 23.2 Å². The van der Waals surface area contributed by atoms with Gasteiger partial charge in [-0.2, -0.15) is 62.9 Å². The molecule has 8 aliphatic carbocycles. The minimum Gasteiger partial charge on any atom is -0.480 e. The Labute approximate surface area is 745 Å². The Bertz CT molecular complexity index is 4730. The molecule has 8 unspecified atom stereocenters. The number of carbonyl (C=O) groups excluding carboxylic acids is 8. The number of hydrogen-bond donors (Lipinski definition) is 10. The number of likely N-dealkylation sites (tertiary alicyclic amines) is 3. The number of aliphatic carboxylic acids is 2. The lowest BCUT2D eigenvalue weighted by atomic mass is 9.75. The number of ether oxygens (including phenoxy) is 2. The number of carboxylic acid groups (broad SMARTS) is 2. The average Bonchev–Trinajstić information content (AvgIpc) is 1.59. The summed E-state index contributed by atoms with van der Waals surface area (Å²) in [7, 11) is 0. The number of Topliss-reactive ketones (excluding diaryl/α,β-unsaturated/α-hetero) is 3. The quantitative estimate of drug-likeness (QED) is 0.0368. The minimum atomic E-state index is -4.73. The number of nitrogens with one attached hydrogen (secondary N) is 1. The number of fused-ring (bicyclic) bond motifs is 6. The van der Waals surface area contributed by atoms with Crippen molar-refractivity contribution in [3.63, 3.8) is 0 Å². The van der Waals surface area contributed by atoms with E-state index in [4.69, 9.17) is 60.1 Å². The molecule has 20 atom stereocenters. The van der Waals surface area contributed by atoms with Crippen LogP contribution in [0.4, 0.5) is 62.3 Å². The predicted octanol–water partition coefficient (Wildman–Crippen LogP) is 12.9. The molecule has 129 heavy (non-hydrogen) atoms. The highest BCUT2D eigenvalue weighted by atomic mass is 35.5. The van der Waals surface area contributed by atoms with Gasteiger partial charge in [0.15, 0.2) is 45.4 Å². The lowest BCUT2D eigenvalue weighted by Crippen LogP contribution is -2.51. The maximum absolute atomic E-state index is 13.3. The molecular weight excluding hydrogens is 1770 g/mol. The van der Waals surface area contributed by atoms with Gasteiger partial charge in [-0.05, 0) is 243 Å². The van der Waals surface area contributed by atoms with Crippen molar-refractivity contribution in [1.82, 2.24) is 39.6 Å². The summed E-state index contributed by atoms with van der Waals surface area (Å²) in [6.07, 6.45) is -13.0. The molecule has 720 valence electrons. The smallest absolute Gasteiger partial charge is 0.417 e. The van der Waals surface area contributed by atoms with Crippen molar-refractivity contribution < 1.29 is 141 Å². The monoisotopic (exact) mass is 1890 g/mol. The van der Waals surface area contributed by atoms with E-state index in [-0.39, 0.29) is 166 Å². The van der Waals surface area contributed by atoms with E-state index in [1.54, 1.807) is 95.0 Å². The Morgan fingerprint density at radius 2 is 0.806 bits per heavy atom. The van der Waals surface area contributed by atoms with Crippen LogP contribution in [0, 0.1) is 41.4 Å². The predicted molar refractivity (Wildman–Crippen MR) is 441 cm³/mol. The second kappa shape index (κ2) is 39.9. The highest BCUT2D eigenvalue weighted by Gasteiger charge is 2.63. The van der Waals surface area contributed by atoms with Crippen LogP contribution in [0.15, 0.2) is 48.5 Å². The van der Waals surface area contributed by atoms with Crippen LogP contribution in [0.2, 0.25) is 0 Å². The van der Waals surface area contributed by atoms with Gasteiger partial charge in [0.2, 0.25) is 5.91 Å². The number of benzene rings is 2. The first-order valence-corrected chi connectivity index (χ1v) is 44.5. The van der Waals surface area contributed by atoms with Crippen LogP contribution < -0.4 is 22.5 Å². The molecular formula is C86H115Cl2F12N11O18. The second-order valence-corrected chi connectivity index (χ2v) is 39.4. The van der Waals surface area contributed by atoms with Crippen LogP contribution in [-0.2, 0) is 51.3 Å². The van der Waals surface area contributed by atoms with Gasteiger partial charge in [-0.3, -0.25) is 52.7 Å². The number of carbonyl (C=O) groups is 10. The Hall–Kier alpha value is -8.22. The van der Waals surface area contributed by atoms with E-state index in [2.05, 4.69) is 15.5 Å². The number of primary amides is 2. The number of hydrogen-bond acceptors (Lipinski definition) is 20. The number of piperidine rings is 4. The molecule has 2 aromatic carbocycles. The van der Waals surface area contributed by atoms with Gasteiger partial charge in [0, 0.05) is 66.7 Å². The van der Waals surface area contributed by atoms with Crippen molar-refractivity contribution in [3.05, 3.63) is 59.9 Å². The van der Waals surface area contributed by atoms with Crippen LogP contribution in [-0.4, -0.2) is 242 Å². The first-order chi connectivity index (χ1) is 59.7. The van der Waals surface area contributed by atoms with Crippen molar-refractivity contribution in [1.29, 1.82) is 0 Å². The number of alkyl halides is 14. The summed E-state index contributed by atoms with van der Waals surface area (Å²) in [5.41, 5.74) is 5.38. The summed E-state index contributed by atoms with van der Waals surface area (Å²) in [6.45, 7) is 10.1. The maximum atomic E-state index is 13.3. The van der Waals surface area contributed by atoms with Crippen molar-refractivity contribution in [3.8, 4) is 0 Å². The van der Waals surface area contributed by atoms with E-state index in [0.717, 1.165) is 32.1 Å². The molecule has 4 aliphatic heterocycles. The third-order valence-electron chi connectivity index (χ3n) is 26.3. The highest BCUT2D eigenvalue weighted by Crippen LogP contribution is 2.54. The molecule has 43 heteroatoms. The third-order valence-corrected chi connectivity index (χ3v) is 26.3. The number of aromatic nitrogens is 4. The number of rotatable bonds is 16. The molecule has 29 nitrogen and oxygen atoms in total. The molecule has 12 aliphatic rings. The highest BCUT2D eigenvalue weighted by molar-refractivity contribution is 6.40. The van der Waals surface area contributed by atoms with Gasteiger partial charge in [-0.25, -0.2) is 14.4 Å². The number of para-hydroxylation sites is 2. The molecule has 6 heterocycles. The van der Waals surface area contributed by atoms with Crippen molar-refractivity contribution in [2.24, 2.45) is 58.6 Å². The van der Waals surface area contributed by atoms with E-state index < -0.39 is 143 Å². The molecule has 16 rings (SSSR count). The molecule has 12 fully saturated rings. The van der Waals surface area contributed by atoms with Gasteiger partial charge in [0.1, 0.15) is 36.1 Å². The summed E-state index contributed by atoms with van der Waals surface area (Å²) < 4.78 is 168. The van der Waals surface area contributed by atoms with Gasteiger partial charge in [-0.1, -0.05) is 36.4 Å². The molecule has 13 N–H and O–H groups in total. The lowest BCUT2D eigenvalue weighted by molar-refractivity contribution is -0.274. The van der Waals surface area contributed by atoms with Crippen LogP contribution in [0.3, 0.4) is 0 Å². The molecule has 2 aromatic heterocycles. The summed E-state index contributed by atoms with van der Waals surface area (Å²) in [6, 6.07) is 11.6. The Morgan fingerprint density at radius 3 is 1.15 bits per heavy atom. The Kier molecular flexibility index (Phi) is 31.8. The van der Waals surface area contributed by atoms with Gasteiger partial charge >= 0.3 is 48.8 Å². The lowest BCUT2D eigenvalue weighted by Gasteiger charge is -2.38. The maximum Gasteiger partial charge on any atom is 0.417 e. The van der Waals surface area contributed by atoms with E-state index in [9.17, 15) is 121 Å². The van der Waals surface area contributed by atoms with Gasteiger partial charge < -0.3 is 67.5 Å². The SMILES string of the molecule is CC(C)(C)OC(=O)N1[C@@H]2C[C@@H]2C[C@H]1C(=O)CC1CCCC(O)(C(F)(F)F)C1.CC(C)(C)OC(=O)N1[C@@H]2C[C@@H]2C[C@H]1C(=O)O.ClCCl.NC(=O)c1nn(CC(=O)N2[C@@H]3C[C@@H]3C[C@H]2C(=O)CC2CCCC(O)(C(F)(F)F)C2)c2ccccc12.NC(=O)c1nn(CC(=O)O)c2ccccc12.NC1CCCC(O)(C(F)(F)F)C1.O=C(CC1CCCC(O)(C(F)(F)F)C1)[C@@H]1C[C@H]2C[C@H]2N1. The summed E-state index contributed by atoms with van der Waals surface area (Å²) in [5.74, 6) is -4.10. The number of carboxylic acids is 2. The molecule has 5 amide bonds. The topological polar surface area (TPSA) is 446 Å². The van der Waals surface area contributed by atoms with Crippen molar-refractivity contribution >= 4 is 104 Å². The third kappa shape index (κ3) is 25.4. The molecule has 4 aromatic rings. The van der Waals surface area contributed by atoms with E-state index in [1.807, 2.05) is 0 Å². The minimum absolute atomic E-state index is 0.00673. The fourth-order valence-corrected chi connectivity index (χ4v) is 19.7. The first-order valence-electron chi connectivity index (χ1n) is 43.4. The summed E-state index contributed by atoms with van der Waals surface area (Å²) in [5, 5.41) is 69.3. The summed E-state index contributed by atoms with van der Waals surface area (Å²) in [4.78, 5) is 125. The van der Waals surface area contributed by atoms with Crippen molar-refractivity contribution in [2.75, 3.05) is 5.34 Å². The second-order valence-electron chi connectivity index (χ2n) is 38.6. The number of aliphatic hydroxyl groups is 4. The van der Waals surface area contributed by atoms with Gasteiger partial charge in [0.05, 0.1) is 34.5 Å².